The predicted molar refractivity (Wildman–Crippen MR) is 66.4 cm³/mol. The highest BCUT2D eigenvalue weighted by Crippen LogP contribution is 2.34. The van der Waals surface area contributed by atoms with Crippen LogP contribution in [0, 0.1) is 22.7 Å². The van der Waals surface area contributed by atoms with Gasteiger partial charge in [-0.3, -0.25) is 0 Å². The van der Waals surface area contributed by atoms with Crippen LogP contribution in [-0.4, -0.2) is 14.2 Å². The Morgan fingerprint density at radius 1 is 1.24 bits per heavy atom. The number of hydrogen-bond donors (Lipinski definition) is 0. The van der Waals surface area contributed by atoms with Gasteiger partial charge in [0.05, 0.1) is 18.7 Å². The molecule has 0 N–H and O–H groups in total. The zero-order chi connectivity index (χ0) is 12.8. The highest BCUT2D eigenvalue weighted by molar-refractivity contribution is 9.10. The van der Waals surface area contributed by atoms with Crippen molar-refractivity contribution in [3.05, 3.63) is 27.7 Å². The van der Waals surface area contributed by atoms with Gasteiger partial charge in [-0.1, -0.05) is 0 Å². The van der Waals surface area contributed by atoms with Crippen LogP contribution in [0.5, 0.6) is 11.5 Å². The van der Waals surface area contributed by atoms with Crippen molar-refractivity contribution in [1.82, 2.24) is 0 Å². The lowest BCUT2D eigenvalue weighted by atomic mass is 10.1. The lowest BCUT2D eigenvalue weighted by Gasteiger charge is -2.09. The topological polar surface area (TPSA) is 66.0 Å². The number of ether oxygens (including phenoxy) is 2. The molecule has 5 heteroatoms. The molecule has 0 aliphatic carbocycles. The summed E-state index contributed by atoms with van der Waals surface area (Å²) in [5.74, 6) is 1.16. The molecule has 17 heavy (non-hydrogen) atoms. The van der Waals surface area contributed by atoms with Crippen LogP contribution in [0.4, 0.5) is 0 Å². The maximum absolute atomic E-state index is 8.72. The van der Waals surface area contributed by atoms with Crippen LogP contribution in [0.3, 0.4) is 0 Å². The van der Waals surface area contributed by atoms with Crippen molar-refractivity contribution in [2.24, 2.45) is 0 Å². The van der Waals surface area contributed by atoms with Crippen LogP contribution in [0.15, 0.2) is 22.2 Å². The third-order valence-electron chi connectivity index (χ3n) is 2.03. The molecule has 0 fully saturated rings. The number of allylic oxidation sites excluding steroid dienone is 1. The van der Waals surface area contributed by atoms with Crippen molar-refractivity contribution in [2.45, 2.75) is 0 Å². The highest BCUT2D eigenvalue weighted by Gasteiger charge is 2.09. The average Bonchev–Trinajstić information content (AvgIpc) is 2.35. The summed E-state index contributed by atoms with van der Waals surface area (Å²) in [5, 5.41) is 17.4. The van der Waals surface area contributed by atoms with E-state index in [-0.39, 0.29) is 5.57 Å². The van der Waals surface area contributed by atoms with Gasteiger partial charge >= 0.3 is 0 Å². The van der Waals surface area contributed by atoms with Crippen molar-refractivity contribution in [1.29, 1.82) is 10.5 Å². The summed E-state index contributed by atoms with van der Waals surface area (Å²) < 4.78 is 11.0. The first-order chi connectivity index (χ1) is 8.15. The van der Waals surface area contributed by atoms with Crippen LogP contribution in [-0.2, 0) is 0 Å². The average molecular weight is 293 g/mol. The molecule has 0 heterocycles. The summed E-state index contributed by atoms with van der Waals surface area (Å²) in [7, 11) is 3.06. The molecule has 0 unspecified atom stereocenters. The number of nitrogens with zero attached hydrogens (tertiary/aromatic N) is 2. The Hall–Kier alpha value is -1.98. The standard InChI is InChI=1S/C12H9BrN2O2/c1-16-10-4-9(3-8(6-14)7-15)12(17-2)11(13)5-10/h3-5H,1-2H3. The number of methoxy groups -OCH3 is 2. The van der Waals surface area contributed by atoms with Gasteiger partial charge in [0.15, 0.2) is 0 Å². The molecule has 0 bridgehead atoms. The molecule has 1 aromatic carbocycles. The van der Waals surface area contributed by atoms with Crippen LogP contribution in [0.25, 0.3) is 6.08 Å². The molecule has 0 aromatic heterocycles. The Labute approximate surface area is 108 Å². The molecule has 0 atom stereocenters. The quantitative estimate of drug-likeness (QED) is 0.804. The smallest absolute Gasteiger partial charge is 0.140 e. The predicted octanol–water partition coefficient (Wildman–Crippen LogP) is 2.90. The number of hydrogen-bond acceptors (Lipinski definition) is 4. The van der Waals surface area contributed by atoms with Crippen molar-refractivity contribution in [3.63, 3.8) is 0 Å². The molecule has 1 rings (SSSR count). The van der Waals surface area contributed by atoms with Gasteiger partial charge in [0.1, 0.15) is 29.2 Å². The monoisotopic (exact) mass is 292 g/mol. The fourth-order valence-electron chi connectivity index (χ4n) is 1.27. The molecule has 1 aromatic rings. The van der Waals surface area contributed by atoms with E-state index in [0.717, 1.165) is 0 Å². The summed E-state index contributed by atoms with van der Waals surface area (Å²) in [5.41, 5.74) is 0.611. The second-order valence-electron chi connectivity index (χ2n) is 3.01. The molecular weight excluding hydrogens is 284 g/mol. The van der Waals surface area contributed by atoms with Crippen molar-refractivity contribution in [2.75, 3.05) is 14.2 Å². The third kappa shape index (κ3) is 2.99. The number of benzene rings is 1. The molecule has 4 nitrogen and oxygen atoms in total. The number of nitriles is 2. The molecule has 0 spiro atoms. The molecule has 86 valence electrons. The first-order valence-corrected chi connectivity index (χ1v) is 5.39. The Bertz CT molecular complexity index is 523. The Balaban J connectivity index is 3.41. The fraction of sp³-hybridized carbons (Fsp3) is 0.167. The summed E-state index contributed by atoms with van der Waals surface area (Å²) in [4.78, 5) is 0. The molecule has 0 aliphatic heterocycles. The largest absolute Gasteiger partial charge is 0.497 e. The maximum atomic E-state index is 8.72. The first-order valence-electron chi connectivity index (χ1n) is 4.59. The number of halogens is 1. The third-order valence-corrected chi connectivity index (χ3v) is 2.62. The first kappa shape index (κ1) is 13.1. The van der Waals surface area contributed by atoms with Crippen LogP contribution in [0.1, 0.15) is 5.56 Å². The SMILES string of the molecule is COc1cc(Br)c(OC)c(C=C(C#N)C#N)c1. The summed E-state index contributed by atoms with van der Waals surface area (Å²) >= 11 is 3.33. The Morgan fingerprint density at radius 2 is 1.88 bits per heavy atom. The van der Waals surface area contributed by atoms with Crippen LogP contribution >= 0.6 is 15.9 Å². The Morgan fingerprint density at radius 3 is 2.35 bits per heavy atom. The molecule has 0 saturated heterocycles. The van der Waals surface area contributed by atoms with Gasteiger partial charge in [0.2, 0.25) is 0 Å². The summed E-state index contributed by atoms with van der Waals surface area (Å²) in [6.07, 6.45) is 1.45. The number of rotatable bonds is 3. The molecule has 0 radical (unpaired) electrons. The van der Waals surface area contributed by atoms with E-state index in [1.165, 1.54) is 20.3 Å². The van der Waals surface area contributed by atoms with Crippen molar-refractivity contribution >= 4 is 22.0 Å². The van der Waals surface area contributed by atoms with E-state index >= 15 is 0 Å². The van der Waals surface area contributed by atoms with E-state index in [2.05, 4.69) is 15.9 Å². The maximum Gasteiger partial charge on any atom is 0.140 e. The molecule has 0 amide bonds. The van der Waals surface area contributed by atoms with Crippen molar-refractivity contribution in [3.8, 4) is 23.6 Å². The van der Waals surface area contributed by atoms with E-state index in [9.17, 15) is 0 Å². The highest BCUT2D eigenvalue weighted by atomic mass is 79.9. The summed E-state index contributed by atoms with van der Waals surface area (Å²) in [6, 6.07) is 7.03. The van der Waals surface area contributed by atoms with E-state index < -0.39 is 0 Å². The van der Waals surface area contributed by atoms with Gasteiger partial charge in [-0.15, -0.1) is 0 Å². The van der Waals surface area contributed by atoms with Gasteiger partial charge in [0.25, 0.3) is 0 Å². The second kappa shape index (κ2) is 5.93. The summed E-state index contributed by atoms with van der Waals surface area (Å²) in [6.45, 7) is 0. The van der Waals surface area contributed by atoms with Crippen LogP contribution in [0.2, 0.25) is 0 Å². The van der Waals surface area contributed by atoms with Gasteiger partial charge in [-0.25, -0.2) is 0 Å². The minimum Gasteiger partial charge on any atom is -0.497 e. The van der Waals surface area contributed by atoms with Gasteiger partial charge < -0.3 is 9.47 Å². The van der Waals surface area contributed by atoms with E-state index in [4.69, 9.17) is 20.0 Å². The normalized spacial score (nSPS) is 8.76. The molecule has 0 aliphatic rings. The molecule has 0 saturated carbocycles. The zero-order valence-electron chi connectivity index (χ0n) is 9.32. The van der Waals surface area contributed by atoms with E-state index in [0.29, 0.717) is 21.5 Å². The fourth-order valence-corrected chi connectivity index (χ4v) is 1.89. The Kier molecular flexibility index (Phi) is 4.56. The lowest BCUT2D eigenvalue weighted by Crippen LogP contribution is -1.92. The van der Waals surface area contributed by atoms with E-state index in [1.54, 1.807) is 24.3 Å². The van der Waals surface area contributed by atoms with Crippen molar-refractivity contribution < 1.29 is 9.47 Å². The molecular formula is C12H9BrN2O2. The minimum atomic E-state index is 0.00320. The lowest BCUT2D eigenvalue weighted by molar-refractivity contribution is 0.400. The van der Waals surface area contributed by atoms with E-state index in [1.807, 2.05) is 0 Å². The van der Waals surface area contributed by atoms with Gasteiger partial charge in [0, 0.05) is 5.56 Å². The van der Waals surface area contributed by atoms with Crippen LogP contribution < -0.4 is 9.47 Å². The zero-order valence-corrected chi connectivity index (χ0v) is 10.9. The minimum absolute atomic E-state index is 0.00320. The van der Waals surface area contributed by atoms with Gasteiger partial charge in [-0.05, 0) is 34.1 Å². The second-order valence-corrected chi connectivity index (χ2v) is 3.87. The van der Waals surface area contributed by atoms with Gasteiger partial charge in [-0.2, -0.15) is 10.5 Å².